The molecule has 0 aliphatic carbocycles. The van der Waals surface area contributed by atoms with Gasteiger partial charge in [0.2, 0.25) is 0 Å². The van der Waals surface area contributed by atoms with Crippen LogP contribution < -0.4 is 0 Å². The Morgan fingerprint density at radius 2 is 1.59 bits per heavy atom. The van der Waals surface area contributed by atoms with Crippen molar-refractivity contribution in [1.29, 1.82) is 0 Å². The Labute approximate surface area is 307 Å². The molecule has 5 nitrogen and oxygen atoms in total. The Kier molecular flexibility index (Phi) is 14.5. The molecule has 2 aromatic carbocycles. The van der Waals surface area contributed by atoms with E-state index >= 15 is 0 Å². The molecule has 6 heteroatoms. The third-order valence-corrected chi connectivity index (χ3v) is 9.18. The van der Waals surface area contributed by atoms with Crippen molar-refractivity contribution in [3.05, 3.63) is 96.3 Å². The van der Waals surface area contributed by atoms with Crippen LogP contribution in [0.3, 0.4) is 0 Å². The maximum Gasteiger partial charge on any atom is 0.162 e. The number of ketones is 1. The molecule has 0 spiro atoms. The molecular weight excluding hydrogens is 785 g/mol. The summed E-state index contributed by atoms with van der Waals surface area (Å²) >= 11 is 0. The van der Waals surface area contributed by atoms with Crippen molar-refractivity contribution in [2.75, 3.05) is 0 Å². The summed E-state index contributed by atoms with van der Waals surface area (Å²) in [6, 6.07) is 20.5. The van der Waals surface area contributed by atoms with E-state index in [1.54, 1.807) is 6.26 Å². The van der Waals surface area contributed by atoms with Gasteiger partial charge in [0.25, 0.3) is 0 Å². The van der Waals surface area contributed by atoms with Gasteiger partial charge in [0.05, 0.1) is 17.7 Å². The van der Waals surface area contributed by atoms with Gasteiger partial charge < -0.3 is 9.52 Å². The van der Waals surface area contributed by atoms with Crippen molar-refractivity contribution in [2.45, 2.75) is 99.8 Å². The van der Waals surface area contributed by atoms with Crippen molar-refractivity contribution < 1.29 is 34.4 Å². The summed E-state index contributed by atoms with van der Waals surface area (Å²) in [4.78, 5) is 21.2. The molecule has 5 aromatic rings. The number of pyridine rings is 2. The molecule has 49 heavy (non-hydrogen) atoms. The average molecular weight is 838 g/mol. The SMILES string of the molecule is CC(C)Cc1ncc(-c2ccnc(-c3[c-]c4ccccc4c(C(C)(C)C)c3)c2)c2occc12.CCC(CC)C(=O)/C=C(\O)C(CC)CC.[Ir]. The third kappa shape index (κ3) is 9.77. The van der Waals surface area contributed by atoms with Crippen molar-refractivity contribution in [2.24, 2.45) is 17.8 Å². The Morgan fingerprint density at radius 3 is 2.22 bits per heavy atom. The fourth-order valence-electron chi connectivity index (χ4n) is 6.28. The molecular formula is C43H53IrN2O3-. The molecule has 0 amide bonds. The van der Waals surface area contributed by atoms with Gasteiger partial charge in [0, 0.05) is 67.1 Å². The Morgan fingerprint density at radius 1 is 0.918 bits per heavy atom. The number of fused-ring (bicyclic) bond motifs is 2. The zero-order valence-electron chi connectivity index (χ0n) is 30.7. The number of hydrogen-bond acceptors (Lipinski definition) is 5. The normalized spacial score (nSPS) is 12.0. The standard InChI is InChI=1S/C30H29N2O.C13H24O2.Ir/c1-19(2)14-28-24-11-13-33-29(24)25(18-32-28)21-10-12-31-27(17-21)22-15-20-8-6-7-9-23(20)26(16-22)30(3,4)5;1-5-10(6-2)12(14)9-13(15)11(7-3)8-4;/h6-13,16-19H,14H2,1-5H3;9-11,14H,5-8H2,1-4H3;/q-1;;/b;12-9-;. The molecule has 5 rings (SSSR count). The second kappa shape index (κ2) is 17.9. The molecule has 0 atom stereocenters. The van der Waals surface area contributed by atoms with Gasteiger partial charge in [0.1, 0.15) is 5.58 Å². The minimum absolute atomic E-state index is 0. The van der Waals surface area contributed by atoms with Crippen molar-refractivity contribution in [3.63, 3.8) is 0 Å². The second-order valence-corrected chi connectivity index (χ2v) is 14.2. The smallest absolute Gasteiger partial charge is 0.162 e. The number of furan rings is 1. The number of carbonyl (C=O) groups excluding carboxylic acids is 1. The first-order valence-corrected chi connectivity index (χ1v) is 17.6. The van der Waals surface area contributed by atoms with E-state index in [1.165, 1.54) is 17.0 Å². The van der Waals surface area contributed by atoms with Crippen LogP contribution in [0.5, 0.6) is 0 Å². The fraction of sp³-hybridized carbons (Fsp3) is 0.419. The maximum absolute atomic E-state index is 11.7. The monoisotopic (exact) mass is 838 g/mol. The Hall–Kier alpha value is -3.60. The quantitative estimate of drug-likeness (QED) is 0.0815. The predicted molar refractivity (Wildman–Crippen MR) is 200 cm³/mol. The van der Waals surface area contributed by atoms with Gasteiger partial charge in [-0.05, 0) is 61.1 Å². The second-order valence-electron chi connectivity index (χ2n) is 14.2. The summed E-state index contributed by atoms with van der Waals surface area (Å²) in [5.41, 5.74) is 7.21. The molecule has 0 bridgehead atoms. The number of benzene rings is 2. The number of nitrogens with zero attached hydrogens (tertiary/aromatic N) is 2. The van der Waals surface area contributed by atoms with Crippen LogP contribution in [0, 0.1) is 23.8 Å². The minimum Gasteiger partial charge on any atom is -0.512 e. The van der Waals surface area contributed by atoms with Crippen LogP contribution in [-0.4, -0.2) is 20.9 Å². The molecule has 1 radical (unpaired) electrons. The summed E-state index contributed by atoms with van der Waals surface area (Å²) in [5.74, 6) is 1.08. The van der Waals surface area contributed by atoms with E-state index in [0.29, 0.717) is 5.92 Å². The Balaban J connectivity index is 0.000000347. The van der Waals surface area contributed by atoms with Gasteiger partial charge in [-0.15, -0.1) is 29.1 Å². The molecule has 263 valence electrons. The van der Waals surface area contributed by atoms with E-state index in [2.05, 4.69) is 77.1 Å². The molecule has 0 aliphatic heterocycles. The summed E-state index contributed by atoms with van der Waals surface area (Å²) < 4.78 is 5.92. The summed E-state index contributed by atoms with van der Waals surface area (Å²) in [5, 5.41) is 13.2. The average Bonchev–Trinajstić information content (AvgIpc) is 3.56. The third-order valence-electron chi connectivity index (χ3n) is 9.18. The van der Waals surface area contributed by atoms with Crippen LogP contribution in [0.2, 0.25) is 0 Å². The van der Waals surface area contributed by atoms with Crippen molar-refractivity contribution >= 4 is 27.5 Å². The summed E-state index contributed by atoms with van der Waals surface area (Å²) in [6.07, 6.45) is 11.4. The van der Waals surface area contributed by atoms with E-state index in [0.717, 1.165) is 76.5 Å². The van der Waals surface area contributed by atoms with E-state index in [-0.39, 0.29) is 48.9 Å². The minimum atomic E-state index is 0. The molecule has 1 N–H and O–H groups in total. The van der Waals surface area contributed by atoms with E-state index in [9.17, 15) is 9.90 Å². The summed E-state index contributed by atoms with van der Waals surface area (Å²) in [6.45, 7) is 19.2. The zero-order valence-corrected chi connectivity index (χ0v) is 33.1. The largest absolute Gasteiger partial charge is 0.512 e. The van der Waals surface area contributed by atoms with E-state index < -0.39 is 0 Å². The molecule has 0 saturated carbocycles. The molecule has 3 aromatic heterocycles. The van der Waals surface area contributed by atoms with Crippen LogP contribution in [0.4, 0.5) is 0 Å². The van der Waals surface area contributed by atoms with Gasteiger partial charge in [-0.25, -0.2) is 0 Å². The van der Waals surface area contributed by atoms with Crippen molar-refractivity contribution in [1.82, 2.24) is 9.97 Å². The predicted octanol–water partition coefficient (Wildman–Crippen LogP) is 11.9. The van der Waals surface area contributed by atoms with Crippen LogP contribution >= 0.6 is 0 Å². The number of carbonyl (C=O) groups is 1. The van der Waals surface area contributed by atoms with E-state index in [4.69, 9.17) is 14.4 Å². The van der Waals surface area contributed by atoms with Gasteiger partial charge in [0.15, 0.2) is 5.78 Å². The van der Waals surface area contributed by atoms with E-state index in [1.807, 2.05) is 52.2 Å². The number of allylic oxidation sites excluding steroid dienone is 2. The first kappa shape index (κ1) is 39.8. The van der Waals surface area contributed by atoms with Gasteiger partial charge in [-0.1, -0.05) is 97.5 Å². The topological polar surface area (TPSA) is 76.2 Å². The van der Waals surface area contributed by atoms with Crippen molar-refractivity contribution in [3.8, 4) is 22.4 Å². The van der Waals surface area contributed by atoms with Crippen LogP contribution in [0.15, 0.2) is 83.4 Å². The van der Waals surface area contributed by atoms with Crippen LogP contribution in [0.1, 0.15) is 99.3 Å². The number of aromatic nitrogens is 2. The Bertz CT molecular complexity index is 1860. The first-order valence-electron chi connectivity index (χ1n) is 17.6. The fourth-order valence-corrected chi connectivity index (χ4v) is 6.28. The zero-order chi connectivity index (χ0) is 35.0. The van der Waals surface area contributed by atoms with Gasteiger partial charge >= 0.3 is 0 Å². The molecule has 0 fully saturated rings. The van der Waals surface area contributed by atoms with Crippen LogP contribution in [0.25, 0.3) is 44.1 Å². The first-order chi connectivity index (χ1) is 22.9. The van der Waals surface area contributed by atoms with Gasteiger partial charge in [-0.3, -0.25) is 14.8 Å². The molecule has 3 heterocycles. The number of aliphatic hydroxyl groups excluding tert-OH is 1. The molecule has 0 aliphatic rings. The molecule has 0 unspecified atom stereocenters. The summed E-state index contributed by atoms with van der Waals surface area (Å²) in [7, 11) is 0. The van der Waals surface area contributed by atoms with Crippen LogP contribution in [-0.2, 0) is 36.7 Å². The molecule has 0 saturated heterocycles. The van der Waals surface area contributed by atoms with Gasteiger partial charge in [-0.2, -0.15) is 0 Å². The number of aliphatic hydroxyl groups is 1. The maximum atomic E-state index is 11.7. The number of rotatable bonds is 11. The number of hydrogen-bond donors (Lipinski definition) is 1.